The lowest BCUT2D eigenvalue weighted by Gasteiger charge is -2.18. The molecule has 0 amide bonds. The first-order valence-electron chi connectivity index (χ1n) is 6.27. The average Bonchev–Trinajstić information content (AvgIpc) is 2.45. The molecule has 0 bridgehead atoms. The molecule has 0 aliphatic rings. The van der Waals surface area contributed by atoms with Crippen molar-refractivity contribution in [3.05, 3.63) is 28.0 Å². The number of carbonyl (C=O) groups excluding carboxylic acids is 2. The monoisotopic (exact) mass is 364 g/mol. The first kappa shape index (κ1) is 17.6. The second-order valence-corrected chi connectivity index (χ2v) is 5.09. The van der Waals surface area contributed by atoms with Crippen molar-refractivity contribution < 1.29 is 27.8 Å². The first-order valence-corrected chi connectivity index (χ1v) is 7.06. The normalized spacial score (nSPS) is 11.9. The minimum Gasteiger partial charge on any atom is -0.483 e. The van der Waals surface area contributed by atoms with Gasteiger partial charge in [0.05, 0.1) is 10.0 Å². The minimum absolute atomic E-state index is 0.0719. The molecule has 1 aromatic rings. The Hall–Kier alpha value is -1.50. The van der Waals surface area contributed by atoms with Gasteiger partial charge in [-0.05, 0) is 22.0 Å². The number of hydrogen-bond acceptors (Lipinski definition) is 4. The minimum atomic E-state index is -1.10. The van der Waals surface area contributed by atoms with Crippen molar-refractivity contribution in [3.8, 4) is 5.75 Å². The van der Waals surface area contributed by atoms with Gasteiger partial charge >= 0.3 is 5.97 Å². The van der Waals surface area contributed by atoms with E-state index in [0.717, 1.165) is 6.07 Å². The van der Waals surface area contributed by atoms with Gasteiger partial charge in [0.2, 0.25) is 0 Å². The number of carbonyl (C=O) groups is 2. The predicted molar refractivity (Wildman–Crippen MR) is 75.7 cm³/mol. The molecule has 21 heavy (non-hydrogen) atoms. The van der Waals surface area contributed by atoms with Crippen LogP contribution in [-0.4, -0.2) is 31.1 Å². The standard InChI is InChI=1S/C14H15BrF2O4/c1-3-13(19)10-4-11(15)12(17)5-14(10)21-9(6-16)7-20-8(2)18/h4-5,9H,3,6-7H2,1-2H3/t9-/m0/s1. The van der Waals surface area contributed by atoms with Crippen LogP contribution in [0.15, 0.2) is 16.6 Å². The first-order chi connectivity index (χ1) is 9.88. The van der Waals surface area contributed by atoms with Crippen molar-refractivity contribution in [1.82, 2.24) is 0 Å². The second-order valence-electron chi connectivity index (χ2n) is 4.24. The zero-order valence-electron chi connectivity index (χ0n) is 11.6. The van der Waals surface area contributed by atoms with Crippen molar-refractivity contribution in [2.24, 2.45) is 0 Å². The molecule has 0 saturated carbocycles. The van der Waals surface area contributed by atoms with Gasteiger partial charge in [0.25, 0.3) is 0 Å². The summed E-state index contributed by atoms with van der Waals surface area (Å²) in [7, 11) is 0. The molecule has 0 unspecified atom stereocenters. The molecule has 1 atom stereocenters. The highest BCUT2D eigenvalue weighted by Gasteiger charge is 2.19. The fourth-order valence-corrected chi connectivity index (χ4v) is 1.88. The highest BCUT2D eigenvalue weighted by atomic mass is 79.9. The summed E-state index contributed by atoms with van der Waals surface area (Å²) < 4.78 is 36.5. The summed E-state index contributed by atoms with van der Waals surface area (Å²) in [4.78, 5) is 22.5. The second kappa shape index (κ2) is 8.07. The molecule has 1 rings (SSSR count). The van der Waals surface area contributed by atoms with Crippen LogP contribution in [0.2, 0.25) is 0 Å². The zero-order valence-corrected chi connectivity index (χ0v) is 13.2. The van der Waals surface area contributed by atoms with Gasteiger partial charge in [-0.2, -0.15) is 0 Å². The van der Waals surface area contributed by atoms with E-state index in [4.69, 9.17) is 4.74 Å². The Balaban J connectivity index is 3.01. The molecule has 0 radical (unpaired) electrons. The van der Waals surface area contributed by atoms with Crippen LogP contribution < -0.4 is 4.74 Å². The summed E-state index contributed by atoms with van der Waals surface area (Å²) >= 11 is 2.98. The van der Waals surface area contributed by atoms with E-state index < -0.39 is 24.6 Å². The molecule has 4 nitrogen and oxygen atoms in total. The molecule has 0 fully saturated rings. The van der Waals surface area contributed by atoms with Crippen molar-refractivity contribution in [2.45, 2.75) is 26.4 Å². The summed E-state index contributed by atoms with van der Waals surface area (Å²) in [5.41, 5.74) is 0.145. The molecule has 0 saturated heterocycles. The Morgan fingerprint density at radius 3 is 2.57 bits per heavy atom. The number of benzene rings is 1. The molecule has 0 aliphatic heterocycles. The van der Waals surface area contributed by atoms with E-state index in [0.29, 0.717) is 0 Å². The van der Waals surface area contributed by atoms with E-state index in [9.17, 15) is 18.4 Å². The van der Waals surface area contributed by atoms with Gasteiger partial charge in [-0.1, -0.05) is 6.92 Å². The van der Waals surface area contributed by atoms with Gasteiger partial charge in [-0.3, -0.25) is 9.59 Å². The largest absolute Gasteiger partial charge is 0.483 e. The number of hydrogen-bond donors (Lipinski definition) is 0. The Kier molecular flexibility index (Phi) is 6.74. The zero-order chi connectivity index (χ0) is 16.0. The molecular formula is C14H15BrF2O4. The fourth-order valence-electron chi connectivity index (χ4n) is 1.53. The van der Waals surface area contributed by atoms with Crippen LogP contribution in [-0.2, 0) is 9.53 Å². The van der Waals surface area contributed by atoms with E-state index in [1.54, 1.807) is 6.92 Å². The number of ether oxygens (including phenoxy) is 2. The van der Waals surface area contributed by atoms with Crippen LogP contribution in [0, 0.1) is 5.82 Å². The molecule has 1 aromatic carbocycles. The number of esters is 1. The third-order valence-electron chi connectivity index (χ3n) is 2.58. The summed E-state index contributed by atoms with van der Waals surface area (Å²) in [5.74, 6) is -1.56. The average molecular weight is 365 g/mol. The number of ketones is 1. The molecular weight excluding hydrogens is 350 g/mol. The van der Waals surface area contributed by atoms with Crippen molar-refractivity contribution in [1.29, 1.82) is 0 Å². The quantitative estimate of drug-likeness (QED) is 0.549. The molecule has 0 aromatic heterocycles. The highest BCUT2D eigenvalue weighted by Crippen LogP contribution is 2.28. The number of alkyl halides is 1. The topological polar surface area (TPSA) is 52.6 Å². The maximum Gasteiger partial charge on any atom is 0.302 e. The van der Waals surface area contributed by atoms with Gasteiger partial charge in [0, 0.05) is 19.4 Å². The van der Waals surface area contributed by atoms with Crippen LogP contribution in [0.3, 0.4) is 0 Å². The Morgan fingerprint density at radius 2 is 2.05 bits per heavy atom. The van der Waals surface area contributed by atoms with E-state index in [1.165, 1.54) is 13.0 Å². The van der Waals surface area contributed by atoms with Crippen molar-refractivity contribution in [2.75, 3.05) is 13.3 Å². The number of halogens is 3. The van der Waals surface area contributed by atoms with E-state index >= 15 is 0 Å². The van der Waals surface area contributed by atoms with E-state index in [1.807, 2.05) is 0 Å². The molecule has 116 valence electrons. The third kappa shape index (κ3) is 5.08. The summed E-state index contributed by atoms with van der Waals surface area (Å²) in [5, 5.41) is 0. The molecule has 0 heterocycles. The smallest absolute Gasteiger partial charge is 0.302 e. The summed E-state index contributed by atoms with van der Waals surface area (Å²) in [6, 6.07) is 2.29. The van der Waals surface area contributed by atoms with Crippen LogP contribution in [0.4, 0.5) is 8.78 Å². The van der Waals surface area contributed by atoms with E-state index in [-0.39, 0.29) is 34.6 Å². The Morgan fingerprint density at radius 1 is 1.38 bits per heavy atom. The van der Waals surface area contributed by atoms with Crippen LogP contribution in [0.1, 0.15) is 30.6 Å². The van der Waals surface area contributed by atoms with Gasteiger partial charge < -0.3 is 9.47 Å². The van der Waals surface area contributed by atoms with Gasteiger partial charge in [-0.15, -0.1) is 0 Å². The maximum absolute atomic E-state index is 13.6. The molecule has 0 N–H and O–H groups in total. The van der Waals surface area contributed by atoms with Crippen LogP contribution in [0.25, 0.3) is 0 Å². The number of Topliss-reactive ketones (excluding diaryl/α,β-unsaturated/α-hetero) is 1. The SMILES string of the molecule is CCC(=O)c1cc(Br)c(F)cc1O[C@@H](CF)COC(C)=O. The maximum atomic E-state index is 13.6. The molecule has 0 spiro atoms. The summed E-state index contributed by atoms with van der Waals surface area (Å²) in [6.45, 7) is 1.57. The lowest BCUT2D eigenvalue weighted by molar-refractivity contribution is -0.143. The Bertz CT molecular complexity index is 534. The van der Waals surface area contributed by atoms with Gasteiger partial charge in [0.15, 0.2) is 11.9 Å². The number of rotatable bonds is 7. The van der Waals surface area contributed by atoms with Crippen LogP contribution >= 0.6 is 15.9 Å². The predicted octanol–water partition coefficient (Wildman–Crippen LogP) is 3.46. The van der Waals surface area contributed by atoms with E-state index in [2.05, 4.69) is 20.7 Å². The summed E-state index contributed by atoms with van der Waals surface area (Å²) in [6.07, 6.45) is -0.906. The van der Waals surface area contributed by atoms with Gasteiger partial charge in [0.1, 0.15) is 24.8 Å². The Labute approximate surface area is 129 Å². The highest BCUT2D eigenvalue weighted by molar-refractivity contribution is 9.10. The van der Waals surface area contributed by atoms with Crippen molar-refractivity contribution in [3.63, 3.8) is 0 Å². The third-order valence-corrected chi connectivity index (χ3v) is 3.19. The lowest BCUT2D eigenvalue weighted by atomic mass is 10.1. The van der Waals surface area contributed by atoms with Crippen LogP contribution in [0.5, 0.6) is 5.75 Å². The lowest BCUT2D eigenvalue weighted by Crippen LogP contribution is -2.27. The van der Waals surface area contributed by atoms with Gasteiger partial charge in [-0.25, -0.2) is 8.78 Å². The van der Waals surface area contributed by atoms with Crippen molar-refractivity contribution >= 4 is 27.7 Å². The molecule has 0 aliphatic carbocycles. The molecule has 7 heteroatoms. The fraction of sp³-hybridized carbons (Fsp3) is 0.429.